The molecule has 0 fully saturated rings. The van der Waals surface area contributed by atoms with Crippen LogP contribution in [0.1, 0.15) is 22.3 Å². The van der Waals surface area contributed by atoms with Gasteiger partial charge in [0.05, 0.1) is 5.54 Å². The van der Waals surface area contributed by atoms with Crippen LogP contribution in [-0.2, 0) is 12.1 Å². The molecule has 1 heteroatoms. The predicted octanol–water partition coefficient (Wildman–Crippen LogP) is 5.21. The topological polar surface area (TPSA) is 12.0 Å². The summed E-state index contributed by atoms with van der Waals surface area (Å²) in [5.41, 5.74) is 4.53. The summed E-state index contributed by atoms with van der Waals surface area (Å²) >= 11 is 0. The molecule has 0 aliphatic heterocycles. The number of aryl methyl sites for hydroxylation is 1. The van der Waals surface area contributed by atoms with E-state index in [0.29, 0.717) is 0 Å². The zero-order valence-electron chi connectivity index (χ0n) is 14.1. The Morgan fingerprint density at radius 2 is 1.42 bits per heavy atom. The van der Waals surface area contributed by atoms with Gasteiger partial charge < -0.3 is 0 Å². The summed E-state index contributed by atoms with van der Waals surface area (Å²) in [6.07, 6.45) is 2.02. The first-order valence-electron chi connectivity index (χ1n) is 8.30. The highest BCUT2D eigenvalue weighted by Crippen LogP contribution is 2.33. The van der Waals surface area contributed by atoms with Gasteiger partial charge in [0, 0.05) is 6.54 Å². The van der Waals surface area contributed by atoms with Crippen molar-refractivity contribution in [1.29, 1.82) is 0 Å². The smallest absolute Gasteiger partial charge is 0.0880 e. The van der Waals surface area contributed by atoms with Crippen LogP contribution in [0.3, 0.4) is 0 Å². The van der Waals surface area contributed by atoms with Gasteiger partial charge in [-0.15, -0.1) is 6.58 Å². The van der Waals surface area contributed by atoms with Crippen molar-refractivity contribution >= 4 is 0 Å². The van der Waals surface area contributed by atoms with Crippen molar-refractivity contribution in [2.45, 2.75) is 19.0 Å². The van der Waals surface area contributed by atoms with Crippen molar-refractivity contribution in [2.75, 3.05) is 0 Å². The van der Waals surface area contributed by atoms with Gasteiger partial charge in [0.1, 0.15) is 0 Å². The Labute approximate surface area is 144 Å². The third-order valence-corrected chi connectivity index (χ3v) is 4.52. The number of hydrogen-bond donors (Lipinski definition) is 1. The van der Waals surface area contributed by atoms with Crippen molar-refractivity contribution in [2.24, 2.45) is 0 Å². The van der Waals surface area contributed by atoms with Crippen LogP contribution in [0.2, 0.25) is 0 Å². The quantitative estimate of drug-likeness (QED) is 0.616. The molecular weight excluding hydrogens is 290 g/mol. The molecule has 0 heterocycles. The van der Waals surface area contributed by atoms with E-state index in [4.69, 9.17) is 0 Å². The van der Waals surface area contributed by atoms with Crippen LogP contribution in [-0.4, -0.2) is 0 Å². The molecule has 0 radical (unpaired) electrons. The van der Waals surface area contributed by atoms with Crippen molar-refractivity contribution in [1.82, 2.24) is 5.32 Å². The highest BCUT2D eigenvalue weighted by Gasteiger charge is 2.31. The van der Waals surface area contributed by atoms with Crippen molar-refractivity contribution in [3.05, 3.63) is 120 Å². The van der Waals surface area contributed by atoms with Crippen LogP contribution >= 0.6 is 0 Å². The minimum atomic E-state index is -0.414. The van der Waals surface area contributed by atoms with E-state index in [1.807, 2.05) is 18.2 Å². The SMILES string of the molecule is C=CC(NCc1ccccc1)(c1ccccc1)c1ccccc1C. The molecule has 0 saturated heterocycles. The van der Waals surface area contributed by atoms with E-state index in [-0.39, 0.29) is 0 Å². The normalized spacial score (nSPS) is 13.2. The second-order valence-electron chi connectivity index (χ2n) is 6.03. The first-order valence-corrected chi connectivity index (χ1v) is 8.30. The lowest BCUT2D eigenvalue weighted by Crippen LogP contribution is -2.41. The Kier molecular flexibility index (Phi) is 4.93. The molecule has 120 valence electrons. The summed E-state index contributed by atoms with van der Waals surface area (Å²) < 4.78 is 0. The number of rotatable bonds is 6. The third kappa shape index (κ3) is 3.17. The van der Waals surface area contributed by atoms with Crippen LogP contribution in [0.25, 0.3) is 0 Å². The highest BCUT2D eigenvalue weighted by atomic mass is 15.0. The van der Waals surface area contributed by atoms with E-state index in [2.05, 4.69) is 91.6 Å². The van der Waals surface area contributed by atoms with Crippen LogP contribution in [0.5, 0.6) is 0 Å². The van der Waals surface area contributed by atoms with Gasteiger partial charge in [-0.2, -0.15) is 0 Å². The fraction of sp³-hybridized carbons (Fsp3) is 0.130. The molecule has 0 bridgehead atoms. The summed E-state index contributed by atoms with van der Waals surface area (Å²) in [6.45, 7) is 7.10. The molecule has 0 aliphatic carbocycles. The third-order valence-electron chi connectivity index (χ3n) is 4.52. The second-order valence-corrected chi connectivity index (χ2v) is 6.03. The van der Waals surface area contributed by atoms with Crippen LogP contribution < -0.4 is 5.32 Å². The van der Waals surface area contributed by atoms with E-state index < -0.39 is 5.54 Å². The first kappa shape index (κ1) is 16.2. The van der Waals surface area contributed by atoms with Crippen LogP contribution in [0, 0.1) is 6.92 Å². The lowest BCUT2D eigenvalue weighted by atomic mass is 9.80. The van der Waals surface area contributed by atoms with E-state index in [1.54, 1.807) is 0 Å². The fourth-order valence-electron chi connectivity index (χ4n) is 3.21. The van der Waals surface area contributed by atoms with Gasteiger partial charge in [0.25, 0.3) is 0 Å². The molecule has 24 heavy (non-hydrogen) atoms. The highest BCUT2D eigenvalue weighted by molar-refractivity contribution is 5.46. The number of benzene rings is 3. The van der Waals surface area contributed by atoms with E-state index >= 15 is 0 Å². The van der Waals surface area contributed by atoms with Gasteiger partial charge in [0.2, 0.25) is 0 Å². The predicted molar refractivity (Wildman–Crippen MR) is 102 cm³/mol. The molecule has 0 amide bonds. The summed E-state index contributed by atoms with van der Waals surface area (Å²) in [6, 6.07) is 29.5. The van der Waals surface area contributed by atoms with Gasteiger partial charge in [0.15, 0.2) is 0 Å². The Hall–Kier alpha value is -2.64. The van der Waals surface area contributed by atoms with Gasteiger partial charge in [-0.1, -0.05) is 91.0 Å². The minimum absolute atomic E-state index is 0.414. The Bertz CT molecular complexity index is 793. The maximum atomic E-state index is 4.18. The fourth-order valence-corrected chi connectivity index (χ4v) is 3.21. The standard InChI is InChI=1S/C23H23N/c1-3-23(21-15-8-5-9-16-21,22-17-11-10-12-19(22)2)24-18-20-13-6-4-7-14-20/h3-17,24H,1,18H2,2H3. The van der Waals surface area contributed by atoms with Gasteiger partial charge >= 0.3 is 0 Å². The molecule has 1 nitrogen and oxygen atoms in total. The number of hydrogen-bond acceptors (Lipinski definition) is 1. The first-order chi connectivity index (χ1) is 11.8. The van der Waals surface area contributed by atoms with Crippen molar-refractivity contribution in [3.63, 3.8) is 0 Å². The molecule has 0 spiro atoms. The second kappa shape index (κ2) is 7.29. The largest absolute Gasteiger partial charge is 0.296 e. The Morgan fingerprint density at radius 1 is 0.833 bits per heavy atom. The molecule has 0 saturated carbocycles. The van der Waals surface area contributed by atoms with Gasteiger partial charge in [-0.05, 0) is 29.2 Å². The Morgan fingerprint density at radius 3 is 2.04 bits per heavy atom. The van der Waals surface area contributed by atoms with Crippen LogP contribution in [0.15, 0.2) is 97.6 Å². The van der Waals surface area contributed by atoms with Gasteiger partial charge in [-0.25, -0.2) is 0 Å². The number of nitrogens with one attached hydrogen (secondary N) is 1. The van der Waals surface area contributed by atoms with Gasteiger partial charge in [-0.3, -0.25) is 5.32 Å². The average molecular weight is 313 g/mol. The van der Waals surface area contributed by atoms with Crippen molar-refractivity contribution in [3.8, 4) is 0 Å². The zero-order chi connectivity index (χ0) is 16.8. The molecule has 3 rings (SSSR count). The zero-order valence-corrected chi connectivity index (χ0v) is 14.1. The molecule has 1 N–H and O–H groups in total. The molecule has 0 aromatic heterocycles. The minimum Gasteiger partial charge on any atom is -0.296 e. The molecule has 1 unspecified atom stereocenters. The molecule has 0 aliphatic rings. The molecular formula is C23H23N. The monoisotopic (exact) mass is 313 g/mol. The van der Waals surface area contributed by atoms with E-state index in [9.17, 15) is 0 Å². The molecule has 3 aromatic carbocycles. The maximum absolute atomic E-state index is 4.18. The van der Waals surface area contributed by atoms with Crippen LogP contribution in [0.4, 0.5) is 0 Å². The summed E-state index contributed by atoms with van der Waals surface area (Å²) in [5, 5.41) is 3.75. The lowest BCUT2D eigenvalue weighted by molar-refractivity contribution is 0.486. The summed E-state index contributed by atoms with van der Waals surface area (Å²) in [4.78, 5) is 0. The average Bonchev–Trinajstić information content (AvgIpc) is 2.65. The molecule has 1 atom stereocenters. The maximum Gasteiger partial charge on any atom is 0.0880 e. The molecule has 3 aromatic rings. The van der Waals surface area contributed by atoms with Crippen molar-refractivity contribution < 1.29 is 0 Å². The summed E-state index contributed by atoms with van der Waals surface area (Å²) in [7, 11) is 0. The van der Waals surface area contributed by atoms with E-state index in [1.165, 1.54) is 22.3 Å². The van der Waals surface area contributed by atoms with E-state index in [0.717, 1.165) is 6.54 Å². The summed E-state index contributed by atoms with van der Waals surface area (Å²) in [5.74, 6) is 0. The Balaban J connectivity index is 2.06. The lowest BCUT2D eigenvalue weighted by Gasteiger charge is -2.34.